The topological polar surface area (TPSA) is 79.2 Å². The van der Waals surface area contributed by atoms with E-state index in [-0.39, 0.29) is 6.42 Å². The SMILES string of the molecule is COC(=O)[C@H](Cc1c(Cl)cccc1Cl)NC(=O)c1ccc(C#N)cc1. The van der Waals surface area contributed by atoms with Gasteiger partial charge in [-0.15, -0.1) is 0 Å². The first-order valence-electron chi connectivity index (χ1n) is 7.28. The monoisotopic (exact) mass is 376 g/mol. The van der Waals surface area contributed by atoms with Gasteiger partial charge in [-0.1, -0.05) is 29.3 Å². The van der Waals surface area contributed by atoms with Gasteiger partial charge in [-0.3, -0.25) is 4.79 Å². The molecule has 1 amide bonds. The molecular weight excluding hydrogens is 363 g/mol. The fourth-order valence-electron chi connectivity index (χ4n) is 2.20. The number of nitrogens with one attached hydrogen (secondary N) is 1. The van der Waals surface area contributed by atoms with E-state index >= 15 is 0 Å². The van der Waals surface area contributed by atoms with E-state index in [1.807, 2.05) is 6.07 Å². The summed E-state index contributed by atoms with van der Waals surface area (Å²) < 4.78 is 4.75. The maximum Gasteiger partial charge on any atom is 0.328 e. The third kappa shape index (κ3) is 4.72. The molecule has 2 rings (SSSR count). The van der Waals surface area contributed by atoms with Gasteiger partial charge >= 0.3 is 5.97 Å². The summed E-state index contributed by atoms with van der Waals surface area (Å²) in [5, 5.41) is 12.2. The number of amides is 1. The fourth-order valence-corrected chi connectivity index (χ4v) is 2.76. The van der Waals surface area contributed by atoms with Crippen molar-refractivity contribution in [1.29, 1.82) is 5.26 Å². The number of carbonyl (C=O) groups is 2. The molecule has 0 aromatic heterocycles. The molecule has 0 aliphatic heterocycles. The molecule has 0 aliphatic rings. The fraction of sp³-hybridized carbons (Fsp3) is 0.167. The molecule has 0 saturated carbocycles. The second-order valence-corrected chi connectivity index (χ2v) is 5.96. The smallest absolute Gasteiger partial charge is 0.328 e. The molecule has 0 heterocycles. The molecule has 0 spiro atoms. The first kappa shape index (κ1) is 18.8. The zero-order valence-corrected chi connectivity index (χ0v) is 14.8. The summed E-state index contributed by atoms with van der Waals surface area (Å²) in [5.74, 6) is -1.08. The zero-order valence-electron chi connectivity index (χ0n) is 13.3. The van der Waals surface area contributed by atoms with Crippen molar-refractivity contribution in [2.24, 2.45) is 0 Å². The van der Waals surface area contributed by atoms with E-state index in [4.69, 9.17) is 33.2 Å². The van der Waals surface area contributed by atoms with Gasteiger partial charge in [0.05, 0.1) is 18.7 Å². The Kier molecular flexibility index (Phi) is 6.40. The van der Waals surface area contributed by atoms with Crippen LogP contribution in [0.1, 0.15) is 21.5 Å². The van der Waals surface area contributed by atoms with Gasteiger partial charge < -0.3 is 10.1 Å². The molecule has 25 heavy (non-hydrogen) atoms. The summed E-state index contributed by atoms with van der Waals surface area (Å²) in [6, 6.07) is 12.1. The van der Waals surface area contributed by atoms with Crippen molar-refractivity contribution in [1.82, 2.24) is 5.32 Å². The van der Waals surface area contributed by atoms with Crippen molar-refractivity contribution in [3.05, 3.63) is 69.2 Å². The number of carbonyl (C=O) groups excluding carboxylic acids is 2. The minimum Gasteiger partial charge on any atom is -0.467 e. The Morgan fingerprint density at radius 1 is 1.16 bits per heavy atom. The highest BCUT2D eigenvalue weighted by molar-refractivity contribution is 6.36. The first-order chi connectivity index (χ1) is 12.0. The van der Waals surface area contributed by atoms with Gasteiger partial charge in [-0.05, 0) is 42.0 Å². The normalized spacial score (nSPS) is 11.3. The predicted molar refractivity (Wildman–Crippen MR) is 94.6 cm³/mol. The number of benzene rings is 2. The van der Waals surface area contributed by atoms with Crippen LogP contribution in [0.3, 0.4) is 0 Å². The molecule has 7 heteroatoms. The molecule has 0 bridgehead atoms. The average molecular weight is 377 g/mol. The van der Waals surface area contributed by atoms with Gasteiger partial charge in [0.1, 0.15) is 6.04 Å². The number of hydrogen-bond acceptors (Lipinski definition) is 4. The Labute approximate surface area is 155 Å². The Hall–Kier alpha value is -2.55. The van der Waals surface area contributed by atoms with E-state index in [0.29, 0.717) is 26.7 Å². The van der Waals surface area contributed by atoms with Crippen LogP contribution < -0.4 is 5.32 Å². The number of nitriles is 1. The zero-order chi connectivity index (χ0) is 18.4. The van der Waals surface area contributed by atoms with Crippen molar-refractivity contribution >= 4 is 35.1 Å². The van der Waals surface area contributed by atoms with Crippen LogP contribution in [0, 0.1) is 11.3 Å². The van der Waals surface area contributed by atoms with E-state index in [0.717, 1.165) is 0 Å². The van der Waals surface area contributed by atoms with E-state index in [2.05, 4.69) is 5.32 Å². The number of halogens is 2. The number of hydrogen-bond donors (Lipinski definition) is 1. The Bertz CT molecular complexity index is 809. The van der Waals surface area contributed by atoms with E-state index in [1.165, 1.54) is 31.4 Å². The van der Waals surface area contributed by atoms with Crippen molar-refractivity contribution in [3.8, 4) is 6.07 Å². The molecule has 2 aromatic rings. The minimum absolute atomic E-state index is 0.0905. The molecule has 0 unspecified atom stereocenters. The molecule has 2 aromatic carbocycles. The number of esters is 1. The van der Waals surface area contributed by atoms with Crippen LogP contribution in [0.4, 0.5) is 0 Å². The van der Waals surface area contributed by atoms with Crippen molar-refractivity contribution in [3.63, 3.8) is 0 Å². The number of ether oxygens (including phenoxy) is 1. The van der Waals surface area contributed by atoms with Crippen molar-refractivity contribution in [2.75, 3.05) is 7.11 Å². The molecule has 128 valence electrons. The van der Waals surface area contributed by atoms with Gasteiger partial charge in [-0.2, -0.15) is 5.26 Å². The standard InChI is InChI=1S/C18H14Cl2N2O3/c1-25-18(24)16(9-13-14(19)3-2-4-15(13)20)22-17(23)12-7-5-11(10-21)6-8-12/h2-8,16H,9H2,1H3,(H,22,23)/t16-/m0/s1. The lowest BCUT2D eigenvalue weighted by Crippen LogP contribution is -2.43. The summed E-state index contributed by atoms with van der Waals surface area (Å²) in [5.41, 5.74) is 1.29. The molecule has 0 saturated heterocycles. The van der Waals surface area contributed by atoms with Crippen LogP contribution in [0.5, 0.6) is 0 Å². The summed E-state index contributed by atoms with van der Waals surface area (Å²) in [6.45, 7) is 0. The van der Waals surface area contributed by atoms with Crippen LogP contribution >= 0.6 is 23.2 Å². The summed E-state index contributed by atoms with van der Waals surface area (Å²) in [6.07, 6.45) is 0.0905. The highest BCUT2D eigenvalue weighted by Gasteiger charge is 2.24. The summed E-state index contributed by atoms with van der Waals surface area (Å²) >= 11 is 12.3. The van der Waals surface area contributed by atoms with E-state index in [1.54, 1.807) is 18.2 Å². The van der Waals surface area contributed by atoms with Crippen molar-refractivity contribution < 1.29 is 14.3 Å². The Balaban J connectivity index is 2.21. The molecule has 1 N–H and O–H groups in total. The number of rotatable bonds is 5. The molecular formula is C18H14Cl2N2O3. The number of nitrogens with zero attached hydrogens (tertiary/aromatic N) is 1. The second kappa shape index (κ2) is 8.52. The molecule has 0 fully saturated rings. The van der Waals surface area contributed by atoms with Crippen LogP contribution in [0.15, 0.2) is 42.5 Å². The van der Waals surface area contributed by atoms with Crippen LogP contribution in [-0.4, -0.2) is 25.0 Å². The maximum atomic E-state index is 12.4. The lowest BCUT2D eigenvalue weighted by atomic mass is 10.0. The van der Waals surface area contributed by atoms with Crippen LogP contribution in [-0.2, 0) is 16.0 Å². The van der Waals surface area contributed by atoms with Gasteiger partial charge in [-0.25, -0.2) is 4.79 Å². The maximum absolute atomic E-state index is 12.4. The van der Waals surface area contributed by atoms with E-state index < -0.39 is 17.9 Å². The third-order valence-corrected chi connectivity index (χ3v) is 4.25. The summed E-state index contributed by atoms with van der Waals surface area (Å²) in [7, 11) is 1.23. The molecule has 1 atom stereocenters. The van der Waals surface area contributed by atoms with Crippen molar-refractivity contribution in [2.45, 2.75) is 12.5 Å². The highest BCUT2D eigenvalue weighted by Crippen LogP contribution is 2.25. The van der Waals surface area contributed by atoms with Gasteiger partial charge in [0, 0.05) is 22.0 Å². The van der Waals surface area contributed by atoms with Gasteiger partial charge in [0.2, 0.25) is 0 Å². The number of methoxy groups -OCH3 is 1. The third-order valence-electron chi connectivity index (χ3n) is 3.54. The largest absolute Gasteiger partial charge is 0.467 e. The quantitative estimate of drug-likeness (QED) is 0.811. The minimum atomic E-state index is -0.953. The molecule has 0 radical (unpaired) electrons. The summed E-state index contributed by atoms with van der Waals surface area (Å²) in [4.78, 5) is 24.4. The van der Waals surface area contributed by atoms with Gasteiger partial charge in [0.15, 0.2) is 0 Å². The first-order valence-corrected chi connectivity index (χ1v) is 8.03. The van der Waals surface area contributed by atoms with Crippen LogP contribution in [0.2, 0.25) is 10.0 Å². The average Bonchev–Trinajstić information content (AvgIpc) is 2.63. The van der Waals surface area contributed by atoms with Crippen LogP contribution in [0.25, 0.3) is 0 Å². The second-order valence-electron chi connectivity index (χ2n) is 5.14. The lowest BCUT2D eigenvalue weighted by Gasteiger charge is -2.18. The molecule has 5 nitrogen and oxygen atoms in total. The Morgan fingerprint density at radius 3 is 2.28 bits per heavy atom. The Morgan fingerprint density at radius 2 is 1.76 bits per heavy atom. The highest BCUT2D eigenvalue weighted by atomic mass is 35.5. The van der Waals surface area contributed by atoms with Gasteiger partial charge in [0.25, 0.3) is 5.91 Å². The predicted octanol–water partition coefficient (Wildman–Crippen LogP) is 3.38. The van der Waals surface area contributed by atoms with E-state index in [9.17, 15) is 9.59 Å². The lowest BCUT2D eigenvalue weighted by molar-refractivity contribution is -0.142. The molecule has 0 aliphatic carbocycles.